The molecular formula is C14H14N4OS2. The Kier molecular flexibility index (Phi) is 3.19. The second-order valence-electron chi connectivity index (χ2n) is 5.16. The molecular weight excluding hydrogens is 304 g/mol. The summed E-state index contributed by atoms with van der Waals surface area (Å²) in [6, 6.07) is 0. The topological polar surface area (TPSA) is 64.7 Å². The van der Waals surface area contributed by atoms with Crippen LogP contribution in [0, 0.1) is 6.92 Å². The van der Waals surface area contributed by atoms with Gasteiger partial charge in [-0.15, -0.1) is 11.3 Å². The lowest BCUT2D eigenvalue weighted by molar-refractivity contribution is 0.376. The molecule has 108 valence electrons. The number of thioether (sulfide) groups is 1. The lowest BCUT2D eigenvalue weighted by Crippen LogP contribution is -1.92. The van der Waals surface area contributed by atoms with Crippen molar-refractivity contribution < 1.29 is 4.52 Å². The fourth-order valence-electron chi connectivity index (χ4n) is 2.69. The van der Waals surface area contributed by atoms with E-state index < -0.39 is 0 Å². The van der Waals surface area contributed by atoms with E-state index in [0.717, 1.165) is 16.3 Å². The van der Waals surface area contributed by atoms with Crippen LogP contribution in [-0.4, -0.2) is 20.1 Å². The van der Waals surface area contributed by atoms with Gasteiger partial charge in [-0.05, 0) is 38.7 Å². The van der Waals surface area contributed by atoms with Crippen molar-refractivity contribution in [2.24, 2.45) is 0 Å². The molecule has 0 N–H and O–H groups in total. The number of fused-ring (bicyclic) bond motifs is 3. The average molecular weight is 318 g/mol. The lowest BCUT2D eigenvalue weighted by atomic mass is 10.2. The quantitative estimate of drug-likeness (QED) is 0.541. The van der Waals surface area contributed by atoms with E-state index in [9.17, 15) is 0 Å². The van der Waals surface area contributed by atoms with E-state index in [1.807, 2.05) is 18.3 Å². The maximum Gasteiger partial charge on any atom is 0.239 e. The number of nitrogens with zero attached hydrogens (tertiary/aromatic N) is 4. The van der Waals surface area contributed by atoms with Crippen LogP contribution in [0.4, 0.5) is 0 Å². The van der Waals surface area contributed by atoms with Gasteiger partial charge >= 0.3 is 0 Å². The number of thiophene rings is 1. The van der Waals surface area contributed by atoms with E-state index in [1.165, 1.54) is 28.7 Å². The molecule has 0 saturated heterocycles. The van der Waals surface area contributed by atoms with Crippen molar-refractivity contribution in [3.63, 3.8) is 0 Å². The van der Waals surface area contributed by atoms with Gasteiger partial charge in [0.1, 0.15) is 16.2 Å². The summed E-state index contributed by atoms with van der Waals surface area (Å²) in [5, 5.41) is 6.21. The molecule has 5 nitrogen and oxygen atoms in total. The van der Waals surface area contributed by atoms with Gasteiger partial charge in [-0.25, -0.2) is 9.97 Å². The van der Waals surface area contributed by atoms with Crippen molar-refractivity contribution in [3.8, 4) is 0 Å². The van der Waals surface area contributed by atoms with Crippen molar-refractivity contribution in [1.29, 1.82) is 0 Å². The molecule has 0 amide bonds. The highest BCUT2D eigenvalue weighted by Crippen LogP contribution is 2.43. The van der Waals surface area contributed by atoms with Gasteiger partial charge in [0, 0.05) is 10.3 Å². The summed E-state index contributed by atoms with van der Waals surface area (Å²) in [6.45, 7) is 3.90. The van der Waals surface area contributed by atoms with Crippen LogP contribution in [-0.2, 0) is 12.8 Å². The maximum absolute atomic E-state index is 5.26. The highest BCUT2D eigenvalue weighted by atomic mass is 32.2. The highest BCUT2D eigenvalue weighted by Gasteiger charge is 2.23. The Balaban J connectivity index is 1.73. The Morgan fingerprint density at radius 3 is 3.05 bits per heavy atom. The van der Waals surface area contributed by atoms with Gasteiger partial charge in [0.2, 0.25) is 5.89 Å². The molecule has 0 saturated carbocycles. The molecule has 3 aromatic heterocycles. The van der Waals surface area contributed by atoms with Crippen LogP contribution in [0.5, 0.6) is 0 Å². The summed E-state index contributed by atoms with van der Waals surface area (Å²) in [5.41, 5.74) is 1.45. The summed E-state index contributed by atoms with van der Waals surface area (Å²) in [4.78, 5) is 15.8. The van der Waals surface area contributed by atoms with Crippen LogP contribution < -0.4 is 0 Å². The Hall–Kier alpha value is -1.47. The predicted octanol–water partition coefficient (Wildman–Crippen LogP) is 3.72. The Morgan fingerprint density at radius 1 is 1.33 bits per heavy atom. The van der Waals surface area contributed by atoms with E-state index in [0.29, 0.717) is 11.7 Å². The minimum Gasteiger partial charge on any atom is -0.338 e. The predicted molar refractivity (Wildman–Crippen MR) is 82.7 cm³/mol. The molecule has 1 aliphatic carbocycles. The summed E-state index contributed by atoms with van der Waals surface area (Å²) in [6.07, 6.45) is 5.22. The van der Waals surface area contributed by atoms with Gasteiger partial charge in [0.05, 0.1) is 5.25 Å². The van der Waals surface area contributed by atoms with Gasteiger partial charge < -0.3 is 4.52 Å². The third-order valence-corrected chi connectivity index (χ3v) is 5.93. The van der Waals surface area contributed by atoms with E-state index in [-0.39, 0.29) is 5.25 Å². The zero-order valence-corrected chi connectivity index (χ0v) is 13.4. The maximum atomic E-state index is 5.26. The molecule has 3 heterocycles. The third-order valence-electron chi connectivity index (χ3n) is 3.65. The summed E-state index contributed by atoms with van der Waals surface area (Å²) in [7, 11) is 0. The van der Waals surface area contributed by atoms with E-state index in [2.05, 4.69) is 27.0 Å². The van der Waals surface area contributed by atoms with Gasteiger partial charge in [0.15, 0.2) is 5.82 Å². The van der Waals surface area contributed by atoms with Crippen molar-refractivity contribution in [2.45, 2.75) is 43.4 Å². The molecule has 3 aromatic rings. The van der Waals surface area contributed by atoms with Crippen LogP contribution in [0.2, 0.25) is 0 Å². The molecule has 7 heteroatoms. The zero-order chi connectivity index (χ0) is 14.4. The molecule has 0 radical (unpaired) electrons. The van der Waals surface area contributed by atoms with E-state index in [1.54, 1.807) is 18.1 Å². The number of aryl methyl sites for hydroxylation is 3. The van der Waals surface area contributed by atoms with Crippen LogP contribution >= 0.6 is 23.1 Å². The van der Waals surface area contributed by atoms with E-state index in [4.69, 9.17) is 4.52 Å². The SMILES string of the molecule is Cc1noc(C(C)Sc2ncnc3sc4c(c23)CCC4)n1. The number of aromatic nitrogens is 4. The van der Waals surface area contributed by atoms with Crippen LogP contribution in [0.3, 0.4) is 0 Å². The number of hydrogen-bond donors (Lipinski definition) is 0. The van der Waals surface area contributed by atoms with Gasteiger partial charge in [-0.2, -0.15) is 4.98 Å². The van der Waals surface area contributed by atoms with Crippen molar-refractivity contribution in [1.82, 2.24) is 20.1 Å². The summed E-state index contributed by atoms with van der Waals surface area (Å²) in [5.74, 6) is 1.32. The first-order valence-corrected chi connectivity index (χ1v) is 8.64. The normalized spacial score (nSPS) is 15.5. The minimum atomic E-state index is 0.0845. The second kappa shape index (κ2) is 5.06. The molecule has 1 atom stereocenters. The molecule has 0 fully saturated rings. The molecule has 0 aliphatic heterocycles. The Morgan fingerprint density at radius 2 is 2.24 bits per heavy atom. The number of rotatable bonds is 3. The largest absolute Gasteiger partial charge is 0.338 e. The average Bonchev–Trinajstić information content (AvgIpc) is 3.13. The molecule has 4 rings (SSSR count). The molecule has 0 spiro atoms. The fraction of sp³-hybridized carbons (Fsp3) is 0.429. The molecule has 0 bridgehead atoms. The fourth-order valence-corrected chi connectivity index (χ4v) is 4.96. The van der Waals surface area contributed by atoms with Crippen LogP contribution in [0.15, 0.2) is 15.9 Å². The van der Waals surface area contributed by atoms with Crippen LogP contribution in [0.1, 0.15) is 40.8 Å². The minimum absolute atomic E-state index is 0.0845. The highest BCUT2D eigenvalue weighted by molar-refractivity contribution is 7.99. The monoisotopic (exact) mass is 318 g/mol. The molecule has 1 aliphatic rings. The molecule has 1 unspecified atom stereocenters. The standard InChI is InChI=1S/C14H14N4OS2/c1-7(12-17-8(2)18-19-12)20-13-11-9-4-3-5-10(9)21-14(11)16-6-15-13/h6-7H,3-5H2,1-2H3. The lowest BCUT2D eigenvalue weighted by Gasteiger charge is -2.07. The summed E-state index contributed by atoms with van der Waals surface area (Å²) < 4.78 is 5.26. The van der Waals surface area contributed by atoms with Crippen LogP contribution in [0.25, 0.3) is 10.2 Å². The van der Waals surface area contributed by atoms with Crippen molar-refractivity contribution in [2.75, 3.05) is 0 Å². The van der Waals surface area contributed by atoms with E-state index >= 15 is 0 Å². The Bertz CT molecular complexity index is 811. The van der Waals surface area contributed by atoms with Gasteiger partial charge in [-0.3, -0.25) is 0 Å². The third kappa shape index (κ3) is 2.24. The van der Waals surface area contributed by atoms with Gasteiger partial charge in [-0.1, -0.05) is 16.9 Å². The first-order chi connectivity index (χ1) is 10.2. The molecule has 0 aromatic carbocycles. The van der Waals surface area contributed by atoms with Gasteiger partial charge in [0.25, 0.3) is 0 Å². The second-order valence-corrected chi connectivity index (χ2v) is 7.57. The Labute approximate surface area is 130 Å². The number of hydrogen-bond acceptors (Lipinski definition) is 7. The van der Waals surface area contributed by atoms with Crippen molar-refractivity contribution >= 4 is 33.3 Å². The first-order valence-electron chi connectivity index (χ1n) is 6.94. The first kappa shape index (κ1) is 13.2. The smallest absolute Gasteiger partial charge is 0.239 e. The molecule has 21 heavy (non-hydrogen) atoms. The van der Waals surface area contributed by atoms with Crippen molar-refractivity contribution in [3.05, 3.63) is 28.5 Å². The zero-order valence-electron chi connectivity index (χ0n) is 11.8. The summed E-state index contributed by atoms with van der Waals surface area (Å²) >= 11 is 3.48.